The minimum Gasteiger partial charge on any atom is -0.481 e. The SMILES string of the molecule is Cc1ccc(CC2CC2C(=O)O)o1. The van der Waals surface area contributed by atoms with Gasteiger partial charge in [0.1, 0.15) is 11.5 Å². The van der Waals surface area contributed by atoms with E-state index in [1.54, 1.807) is 0 Å². The summed E-state index contributed by atoms with van der Waals surface area (Å²) in [4.78, 5) is 10.5. The summed E-state index contributed by atoms with van der Waals surface area (Å²) in [6.07, 6.45) is 1.57. The van der Waals surface area contributed by atoms with Crippen LogP contribution in [0.15, 0.2) is 16.5 Å². The van der Waals surface area contributed by atoms with Gasteiger partial charge in [-0.05, 0) is 31.4 Å². The predicted molar refractivity (Wildman–Crippen MR) is 46.4 cm³/mol. The average molecular weight is 180 g/mol. The molecule has 2 atom stereocenters. The van der Waals surface area contributed by atoms with Crippen molar-refractivity contribution in [2.75, 3.05) is 0 Å². The molecule has 0 amide bonds. The van der Waals surface area contributed by atoms with E-state index in [9.17, 15) is 4.79 Å². The molecule has 0 aliphatic heterocycles. The topological polar surface area (TPSA) is 50.4 Å². The number of carboxylic acids is 1. The summed E-state index contributed by atoms with van der Waals surface area (Å²) in [6, 6.07) is 3.83. The molecule has 1 aromatic heterocycles. The van der Waals surface area contributed by atoms with Gasteiger partial charge in [0, 0.05) is 6.42 Å². The molecule has 1 aromatic rings. The summed E-state index contributed by atoms with van der Waals surface area (Å²) < 4.78 is 5.37. The lowest BCUT2D eigenvalue weighted by Gasteiger charge is -1.93. The zero-order valence-corrected chi connectivity index (χ0v) is 7.49. The van der Waals surface area contributed by atoms with Gasteiger partial charge in [-0.15, -0.1) is 0 Å². The molecule has 1 N–H and O–H groups in total. The van der Waals surface area contributed by atoms with E-state index < -0.39 is 5.97 Å². The molecule has 1 heterocycles. The van der Waals surface area contributed by atoms with E-state index in [4.69, 9.17) is 9.52 Å². The molecule has 1 fully saturated rings. The highest BCUT2D eigenvalue weighted by Gasteiger charge is 2.43. The third-order valence-corrected chi connectivity index (χ3v) is 2.50. The van der Waals surface area contributed by atoms with Crippen LogP contribution >= 0.6 is 0 Å². The molecular formula is C10H12O3. The van der Waals surface area contributed by atoms with Crippen molar-refractivity contribution in [1.29, 1.82) is 0 Å². The Morgan fingerprint density at radius 3 is 2.92 bits per heavy atom. The van der Waals surface area contributed by atoms with Gasteiger partial charge in [0.2, 0.25) is 0 Å². The normalized spacial score (nSPS) is 25.9. The van der Waals surface area contributed by atoms with Crippen molar-refractivity contribution in [1.82, 2.24) is 0 Å². The molecule has 13 heavy (non-hydrogen) atoms. The lowest BCUT2D eigenvalue weighted by atomic mass is 10.2. The first-order valence-corrected chi connectivity index (χ1v) is 4.45. The Bertz CT molecular complexity index is 327. The van der Waals surface area contributed by atoms with Gasteiger partial charge in [0.05, 0.1) is 5.92 Å². The third-order valence-electron chi connectivity index (χ3n) is 2.50. The monoisotopic (exact) mass is 180 g/mol. The van der Waals surface area contributed by atoms with Crippen LogP contribution < -0.4 is 0 Å². The van der Waals surface area contributed by atoms with Crippen molar-refractivity contribution in [2.45, 2.75) is 19.8 Å². The third kappa shape index (κ3) is 1.74. The number of aryl methyl sites for hydroxylation is 1. The number of aliphatic carboxylic acids is 1. The summed E-state index contributed by atoms with van der Waals surface area (Å²) in [7, 11) is 0. The Balaban J connectivity index is 1.91. The molecule has 3 heteroatoms. The molecule has 2 unspecified atom stereocenters. The first kappa shape index (κ1) is 8.35. The number of hydrogen-bond acceptors (Lipinski definition) is 2. The number of carbonyl (C=O) groups is 1. The van der Waals surface area contributed by atoms with Gasteiger partial charge in [0.25, 0.3) is 0 Å². The fourth-order valence-corrected chi connectivity index (χ4v) is 1.63. The predicted octanol–water partition coefficient (Wildman–Crippen LogP) is 1.85. The Morgan fingerprint density at radius 2 is 2.46 bits per heavy atom. The maximum absolute atomic E-state index is 10.5. The van der Waals surface area contributed by atoms with Crippen LogP contribution in [0.3, 0.4) is 0 Å². The smallest absolute Gasteiger partial charge is 0.306 e. The van der Waals surface area contributed by atoms with Crippen LogP contribution in [0.1, 0.15) is 17.9 Å². The van der Waals surface area contributed by atoms with Crippen LogP contribution in [0.2, 0.25) is 0 Å². The van der Waals surface area contributed by atoms with Gasteiger partial charge in [-0.2, -0.15) is 0 Å². The minimum atomic E-state index is -0.673. The summed E-state index contributed by atoms with van der Waals surface area (Å²) in [6.45, 7) is 1.89. The van der Waals surface area contributed by atoms with Crippen molar-refractivity contribution < 1.29 is 14.3 Å². The van der Waals surface area contributed by atoms with E-state index in [1.807, 2.05) is 19.1 Å². The van der Waals surface area contributed by atoms with E-state index in [0.29, 0.717) is 5.92 Å². The van der Waals surface area contributed by atoms with E-state index in [2.05, 4.69) is 0 Å². The van der Waals surface area contributed by atoms with Crippen LogP contribution in [-0.4, -0.2) is 11.1 Å². The fraction of sp³-hybridized carbons (Fsp3) is 0.500. The number of hydrogen-bond donors (Lipinski definition) is 1. The molecule has 3 nitrogen and oxygen atoms in total. The second-order valence-electron chi connectivity index (χ2n) is 3.66. The standard InChI is InChI=1S/C10H12O3/c1-6-2-3-8(13-6)4-7-5-9(7)10(11)12/h2-3,7,9H,4-5H2,1H3,(H,11,12). The van der Waals surface area contributed by atoms with Crippen molar-refractivity contribution in [3.63, 3.8) is 0 Å². The lowest BCUT2D eigenvalue weighted by molar-refractivity contribution is -0.138. The lowest BCUT2D eigenvalue weighted by Crippen LogP contribution is -2.00. The fourth-order valence-electron chi connectivity index (χ4n) is 1.63. The van der Waals surface area contributed by atoms with Crippen LogP contribution in [0.5, 0.6) is 0 Å². The zero-order chi connectivity index (χ0) is 9.42. The van der Waals surface area contributed by atoms with Gasteiger partial charge in [-0.3, -0.25) is 4.79 Å². The Hall–Kier alpha value is -1.25. The van der Waals surface area contributed by atoms with E-state index in [1.165, 1.54) is 0 Å². The number of furan rings is 1. The maximum atomic E-state index is 10.5. The molecule has 70 valence electrons. The van der Waals surface area contributed by atoms with E-state index >= 15 is 0 Å². The summed E-state index contributed by atoms with van der Waals surface area (Å²) in [5, 5.41) is 8.68. The van der Waals surface area contributed by atoms with Gasteiger partial charge in [-0.25, -0.2) is 0 Å². The Morgan fingerprint density at radius 1 is 1.69 bits per heavy atom. The van der Waals surface area contributed by atoms with E-state index in [0.717, 1.165) is 24.4 Å². The van der Waals surface area contributed by atoms with Crippen molar-refractivity contribution in [2.24, 2.45) is 11.8 Å². The van der Waals surface area contributed by atoms with Crippen LogP contribution in [0.4, 0.5) is 0 Å². The van der Waals surface area contributed by atoms with Crippen molar-refractivity contribution in [3.05, 3.63) is 23.7 Å². The van der Waals surface area contributed by atoms with Crippen LogP contribution in [-0.2, 0) is 11.2 Å². The van der Waals surface area contributed by atoms with Crippen LogP contribution in [0.25, 0.3) is 0 Å². The van der Waals surface area contributed by atoms with Crippen molar-refractivity contribution in [3.8, 4) is 0 Å². The Labute approximate surface area is 76.4 Å². The largest absolute Gasteiger partial charge is 0.481 e. The molecule has 0 spiro atoms. The molecule has 1 aliphatic rings. The Kier molecular flexibility index (Phi) is 1.87. The minimum absolute atomic E-state index is 0.134. The van der Waals surface area contributed by atoms with Crippen LogP contribution in [0, 0.1) is 18.8 Å². The second-order valence-corrected chi connectivity index (χ2v) is 3.66. The summed E-state index contributed by atoms with van der Waals surface area (Å²) in [5.74, 6) is 1.29. The first-order valence-electron chi connectivity index (χ1n) is 4.45. The highest BCUT2D eigenvalue weighted by Crippen LogP contribution is 2.41. The van der Waals surface area contributed by atoms with Gasteiger partial charge in [0.15, 0.2) is 0 Å². The quantitative estimate of drug-likeness (QED) is 0.772. The first-order chi connectivity index (χ1) is 6.16. The molecule has 0 aromatic carbocycles. The van der Waals surface area contributed by atoms with Crippen molar-refractivity contribution >= 4 is 5.97 Å². The average Bonchev–Trinajstić information content (AvgIpc) is 2.69. The summed E-state index contributed by atoms with van der Waals surface area (Å²) >= 11 is 0. The highest BCUT2D eigenvalue weighted by molar-refractivity contribution is 5.73. The summed E-state index contributed by atoms with van der Waals surface area (Å²) in [5.41, 5.74) is 0. The number of rotatable bonds is 3. The van der Waals surface area contributed by atoms with E-state index in [-0.39, 0.29) is 5.92 Å². The highest BCUT2D eigenvalue weighted by atomic mass is 16.4. The van der Waals surface area contributed by atoms with Gasteiger partial charge < -0.3 is 9.52 Å². The molecular weight excluding hydrogens is 168 g/mol. The molecule has 2 rings (SSSR count). The molecule has 0 radical (unpaired) electrons. The molecule has 0 bridgehead atoms. The maximum Gasteiger partial charge on any atom is 0.306 e. The second kappa shape index (κ2) is 2.91. The van der Waals surface area contributed by atoms with Gasteiger partial charge >= 0.3 is 5.97 Å². The zero-order valence-electron chi connectivity index (χ0n) is 7.49. The molecule has 1 aliphatic carbocycles. The molecule has 1 saturated carbocycles. The van der Waals surface area contributed by atoms with Gasteiger partial charge in [-0.1, -0.05) is 0 Å². The number of carboxylic acid groups (broad SMARTS) is 1. The molecule has 0 saturated heterocycles.